The van der Waals surface area contributed by atoms with E-state index in [1.807, 2.05) is 24.5 Å². The molecule has 8 aromatic rings. The van der Waals surface area contributed by atoms with Crippen LogP contribution in [0.4, 0.5) is 0 Å². The van der Waals surface area contributed by atoms with E-state index in [2.05, 4.69) is 149 Å². The molecular formula is C41H27N3. The van der Waals surface area contributed by atoms with Crippen molar-refractivity contribution in [3.05, 3.63) is 186 Å². The average molecular weight is 562 g/mol. The number of aromatic nitrogens is 3. The molecule has 3 nitrogen and oxygen atoms in total. The second-order valence-corrected chi connectivity index (χ2v) is 11.4. The van der Waals surface area contributed by atoms with Crippen LogP contribution >= 0.6 is 0 Å². The van der Waals surface area contributed by atoms with Gasteiger partial charge in [-0.2, -0.15) is 0 Å². The number of benzene rings is 6. The maximum absolute atomic E-state index is 5.26. The first-order valence-electron chi connectivity index (χ1n) is 15.0. The molecule has 3 heteroatoms. The Balaban J connectivity index is 1.47. The number of nitrogens with zero attached hydrogens (tertiary/aromatic N) is 3. The van der Waals surface area contributed by atoms with E-state index in [1.165, 1.54) is 44.2 Å². The zero-order valence-electron chi connectivity index (χ0n) is 23.9. The van der Waals surface area contributed by atoms with Gasteiger partial charge in [0.1, 0.15) is 5.82 Å². The van der Waals surface area contributed by atoms with Gasteiger partial charge >= 0.3 is 0 Å². The third-order valence-electron chi connectivity index (χ3n) is 9.17. The third kappa shape index (κ3) is 3.44. The molecule has 0 unspecified atom stereocenters. The second-order valence-electron chi connectivity index (χ2n) is 11.4. The molecule has 1 aliphatic heterocycles. The Bertz CT molecular complexity index is 2280. The van der Waals surface area contributed by atoms with Crippen LogP contribution in [-0.4, -0.2) is 14.5 Å². The highest BCUT2D eigenvalue weighted by atomic mass is 15.1. The van der Waals surface area contributed by atoms with E-state index in [9.17, 15) is 0 Å². The van der Waals surface area contributed by atoms with Crippen LogP contribution in [0.2, 0.25) is 0 Å². The van der Waals surface area contributed by atoms with Gasteiger partial charge in [0.25, 0.3) is 0 Å². The van der Waals surface area contributed by atoms with E-state index in [-0.39, 0.29) is 0 Å². The Morgan fingerprint density at radius 3 is 1.98 bits per heavy atom. The Morgan fingerprint density at radius 2 is 1.20 bits per heavy atom. The van der Waals surface area contributed by atoms with E-state index < -0.39 is 5.41 Å². The van der Waals surface area contributed by atoms with Crippen molar-refractivity contribution in [3.63, 3.8) is 0 Å². The average Bonchev–Trinajstić information content (AvgIpc) is 3.50. The zero-order chi connectivity index (χ0) is 29.1. The highest BCUT2D eigenvalue weighted by Crippen LogP contribution is 2.54. The van der Waals surface area contributed by atoms with Crippen molar-refractivity contribution in [2.45, 2.75) is 5.41 Å². The van der Waals surface area contributed by atoms with Crippen LogP contribution in [0.15, 0.2) is 164 Å². The first-order chi connectivity index (χ1) is 21.8. The summed E-state index contributed by atoms with van der Waals surface area (Å²) in [6, 6.07) is 54.8. The van der Waals surface area contributed by atoms with Crippen molar-refractivity contribution >= 4 is 21.8 Å². The molecule has 0 radical (unpaired) electrons. The van der Waals surface area contributed by atoms with Crippen molar-refractivity contribution in [3.8, 4) is 28.2 Å². The van der Waals surface area contributed by atoms with Gasteiger partial charge in [-0.25, -0.2) is 4.98 Å². The van der Waals surface area contributed by atoms with Crippen LogP contribution in [0.25, 0.3) is 50.0 Å². The molecule has 0 N–H and O–H groups in total. The minimum atomic E-state index is -0.566. The fourth-order valence-electron chi connectivity index (χ4n) is 7.34. The van der Waals surface area contributed by atoms with Crippen LogP contribution in [0.1, 0.15) is 22.3 Å². The summed E-state index contributed by atoms with van der Waals surface area (Å²) in [5.74, 6) is 0.920. The van der Waals surface area contributed by atoms with Crippen LogP contribution in [-0.2, 0) is 5.41 Å². The molecule has 0 amide bonds. The minimum Gasteiger partial charge on any atom is -0.292 e. The molecule has 3 heterocycles. The lowest BCUT2D eigenvalue weighted by atomic mass is 9.63. The largest absolute Gasteiger partial charge is 0.292 e. The number of fused-ring (bicyclic) bond motifs is 3. The van der Waals surface area contributed by atoms with Crippen molar-refractivity contribution in [2.24, 2.45) is 0 Å². The van der Waals surface area contributed by atoms with E-state index >= 15 is 0 Å². The quantitative estimate of drug-likeness (QED) is 0.214. The van der Waals surface area contributed by atoms with Crippen molar-refractivity contribution < 1.29 is 0 Å². The third-order valence-corrected chi connectivity index (χ3v) is 9.17. The molecule has 0 saturated carbocycles. The molecule has 44 heavy (non-hydrogen) atoms. The Hall–Kier alpha value is -5.80. The summed E-state index contributed by atoms with van der Waals surface area (Å²) in [4.78, 5) is 9.55. The molecule has 6 aromatic carbocycles. The monoisotopic (exact) mass is 561 g/mol. The Kier molecular flexibility index (Phi) is 5.41. The Morgan fingerprint density at radius 1 is 0.523 bits per heavy atom. The lowest BCUT2D eigenvalue weighted by Gasteiger charge is -2.42. The topological polar surface area (TPSA) is 30.7 Å². The predicted octanol–water partition coefficient (Wildman–Crippen LogP) is 9.60. The summed E-state index contributed by atoms with van der Waals surface area (Å²) in [5.41, 5.74) is 11.1. The van der Waals surface area contributed by atoms with E-state index in [1.54, 1.807) is 0 Å². The standard InChI is InChI=1S/C41H27N3/c1-3-13-31(14-4-1)41(32-15-5-2-6-16-32)35-19-10-20-37-39(35)44(40(43-37)29-23-25-42-26-24-29)38-22-21-30(27-36(38)41)34-18-9-12-28-11-7-8-17-33(28)34/h1-27H. The predicted molar refractivity (Wildman–Crippen MR) is 179 cm³/mol. The van der Waals surface area contributed by atoms with Gasteiger partial charge in [-0.3, -0.25) is 9.55 Å². The highest BCUT2D eigenvalue weighted by molar-refractivity contribution is 5.98. The molecule has 0 atom stereocenters. The van der Waals surface area contributed by atoms with Crippen LogP contribution in [0, 0.1) is 0 Å². The van der Waals surface area contributed by atoms with Crippen molar-refractivity contribution in [1.82, 2.24) is 14.5 Å². The minimum absolute atomic E-state index is 0.566. The first kappa shape index (κ1) is 24.8. The van der Waals surface area contributed by atoms with Gasteiger partial charge in [0.05, 0.1) is 22.1 Å². The lowest BCUT2D eigenvalue weighted by Crippen LogP contribution is -2.35. The number of para-hydroxylation sites is 1. The van der Waals surface area contributed by atoms with Gasteiger partial charge < -0.3 is 0 Å². The van der Waals surface area contributed by atoms with Gasteiger partial charge in [0.2, 0.25) is 0 Å². The summed E-state index contributed by atoms with van der Waals surface area (Å²) >= 11 is 0. The Labute approximate surface area is 255 Å². The number of hydrogen-bond acceptors (Lipinski definition) is 2. The summed E-state index contributed by atoms with van der Waals surface area (Å²) in [5, 5.41) is 2.49. The molecule has 0 spiro atoms. The smallest absolute Gasteiger partial charge is 0.145 e. The molecule has 0 bridgehead atoms. The van der Waals surface area contributed by atoms with E-state index in [0.29, 0.717) is 0 Å². The maximum Gasteiger partial charge on any atom is 0.145 e. The molecule has 0 saturated heterocycles. The zero-order valence-corrected chi connectivity index (χ0v) is 23.9. The molecule has 0 fully saturated rings. The van der Waals surface area contributed by atoms with Crippen LogP contribution in [0.3, 0.4) is 0 Å². The second kappa shape index (κ2) is 9.62. The summed E-state index contributed by atoms with van der Waals surface area (Å²) in [6.07, 6.45) is 3.68. The fourth-order valence-corrected chi connectivity index (χ4v) is 7.34. The molecule has 2 aromatic heterocycles. The van der Waals surface area contributed by atoms with Crippen LogP contribution < -0.4 is 0 Å². The van der Waals surface area contributed by atoms with Crippen molar-refractivity contribution in [2.75, 3.05) is 0 Å². The van der Waals surface area contributed by atoms with E-state index in [0.717, 1.165) is 28.1 Å². The molecular weight excluding hydrogens is 534 g/mol. The number of pyridine rings is 1. The van der Waals surface area contributed by atoms with Gasteiger partial charge in [-0.1, -0.05) is 121 Å². The van der Waals surface area contributed by atoms with Gasteiger partial charge in [0.15, 0.2) is 0 Å². The number of imidazole rings is 1. The fraction of sp³-hybridized carbons (Fsp3) is 0.0244. The number of hydrogen-bond donors (Lipinski definition) is 0. The first-order valence-corrected chi connectivity index (χ1v) is 15.0. The molecule has 0 aliphatic carbocycles. The van der Waals surface area contributed by atoms with Gasteiger partial charge in [-0.05, 0) is 74.5 Å². The lowest BCUT2D eigenvalue weighted by molar-refractivity contribution is 0.726. The normalized spacial score (nSPS) is 13.2. The molecule has 9 rings (SSSR count). The van der Waals surface area contributed by atoms with Crippen molar-refractivity contribution in [1.29, 1.82) is 0 Å². The van der Waals surface area contributed by atoms with Gasteiger partial charge in [0, 0.05) is 18.0 Å². The van der Waals surface area contributed by atoms with Gasteiger partial charge in [-0.15, -0.1) is 0 Å². The highest BCUT2D eigenvalue weighted by Gasteiger charge is 2.45. The van der Waals surface area contributed by atoms with Crippen LogP contribution in [0.5, 0.6) is 0 Å². The number of rotatable bonds is 4. The summed E-state index contributed by atoms with van der Waals surface area (Å²) in [6.45, 7) is 0. The molecule has 1 aliphatic rings. The molecule has 206 valence electrons. The summed E-state index contributed by atoms with van der Waals surface area (Å²) < 4.78 is 2.37. The SMILES string of the molecule is c1ccc(C2(c3ccccc3)c3cc(-c4cccc5ccccc45)ccc3-n3c(-c4ccncc4)nc4cccc2c43)cc1. The van der Waals surface area contributed by atoms with E-state index in [4.69, 9.17) is 4.98 Å². The summed E-state index contributed by atoms with van der Waals surface area (Å²) in [7, 11) is 0. The maximum atomic E-state index is 5.26.